The molecule has 1 nitrogen and oxygen atoms in total. The van der Waals surface area contributed by atoms with Crippen LogP contribution in [-0.4, -0.2) is 11.9 Å². The fraction of sp³-hybridized carbons (Fsp3) is 0.571. The Morgan fingerprint density at radius 2 is 1.75 bits per heavy atom. The van der Waals surface area contributed by atoms with E-state index in [4.69, 9.17) is 11.6 Å². The monoisotopic (exact) mass is 237 g/mol. The van der Waals surface area contributed by atoms with Gasteiger partial charge in [-0.15, -0.1) is 11.6 Å². The van der Waals surface area contributed by atoms with Gasteiger partial charge >= 0.3 is 0 Å². The molecule has 1 aliphatic carbocycles. The van der Waals surface area contributed by atoms with Crippen molar-refractivity contribution in [3.63, 3.8) is 0 Å². The van der Waals surface area contributed by atoms with Crippen molar-refractivity contribution in [3.05, 3.63) is 35.9 Å². The van der Waals surface area contributed by atoms with Crippen LogP contribution in [0.5, 0.6) is 0 Å². The molecule has 1 fully saturated rings. The van der Waals surface area contributed by atoms with Gasteiger partial charge in [-0.25, -0.2) is 0 Å². The van der Waals surface area contributed by atoms with E-state index in [-0.39, 0.29) is 0 Å². The maximum atomic E-state index is 5.88. The summed E-state index contributed by atoms with van der Waals surface area (Å²) in [5, 5.41) is 3.64. The van der Waals surface area contributed by atoms with E-state index in [0.717, 1.165) is 18.3 Å². The summed E-state index contributed by atoms with van der Waals surface area (Å²) in [4.78, 5) is 0. The van der Waals surface area contributed by atoms with Crippen LogP contribution in [0.4, 0.5) is 0 Å². The second-order valence-electron chi connectivity index (χ2n) is 4.74. The van der Waals surface area contributed by atoms with Gasteiger partial charge in [0.1, 0.15) is 0 Å². The Balaban J connectivity index is 1.72. The van der Waals surface area contributed by atoms with Crippen LogP contribution in [0.2, 0.25) is 0 Å². The van der Waals surface area contributed by atoms with Crippen LogP contribution < -0.4 is 5.32 Å². The van der Waals surface area contributed by atoms with Crippen molar-refractivity contribution in [2.75, 3.05) is 5.88 Å². The van der Waals surface area contributed by atoms with Gasteiger partial charge in [0.2, 0.25) is 0 Å². The summed E-state index contributed by atoms with van der Waals surface area (Å²) in [6.07, 6.45) is 5.14. The molecule has 1 saturated carbocycles. The lowest BCUT2D eigenvalue weighted by atomic mass is 9.87. The highest BCUT2D eigenvalue weighted by Crippen LogP contribution is 2.25. The minimum absolute atomic E-state index is 0.694. The second-order valence-corrected chi connectivity index (χ2v) is 5.05. The molecule has 1 N–H and O–H groups in total. The molecule has 0 aromatic heterocycles. The molecule has 0 atom stereocenters. The SMILES string of the molecule is ClCC1CCC(NCc2ccccc2)CC1. The lowest BCUT2D eigenvalue weighted by Crippen LogP contribution is -2.33. The van der Waals surface area contributed by atoms with Crippen molar-refractivity contribution in [3.8, 4) is 0 Å². The Bertz CT molecular complexity index is 291. The minimum Gasteiger partial charge on any atom is -0.310 e. The predicted molar refractivity (Wildman–Crippen MR) is 69.7 cm³/mol. The molecule has 1 aliphatic rings. The second kappa shape index (κ2) is 6.27. The molecule has 16 heavy (non-hydrogen) atoms. The normalized spacial score (nSPS) is 25.6. The predicted octanol–water partition coefficient (Wildman–Crippen LogP) is 3.57. The molecule has 0 radical (unpaired) electrons. The van der Waals surface area contributed by atoms with Gasteiger partial charge in [-0.1, -0.05) is 30.3 Å². The van der Waals surface area contributed by atoms with E-state index >= 15 is 0 Å². The van der Waals surface area contributed by atoms with Crippen LogP contribution >= 0.6 is 11.6 Å². The number of halogens is 1. The number of hydrogen-bond donors (Lipinski definition) is 1. The van der Waals surface area contributed by atoms with E-state index in [1.807, 2.05) is 0 Å². The molecule has 0 amide bonds. The zero-order chi connectivity index (χ0) is 11.2. The van der Waals surface area contributed by atoms with Crippen LogP contribution in [0.15, 0.2) is 30.3 Å². The van der Waals surface area contributed by atoms with E-state index in [1.165, 1.54) is 31.2 Å². The first kappa shape index (κ1) is 11.9. The molecule has 0 unspecified atom stereocenters. The first-order chi connectivity index (χ1) is 7.88. The largest absolute Gasteiger partial charge is 0.310 e. The summed E-state index contributed by atoms with van der Waals surface area (Å²) in [6, 6.07) is 11.3. The standard InChI is InChI=1S/C14H20ClN/c15-10-12-6-8-14(9-7-12)16-11-13-4-2-1-3-5-13/h1-5,12,14,16H,6-11H2. The molecule has 0 bridgehead atoms. The van der Waals surface area contributed by atoms with Crippen LogP contribution in [0.1, 0.15) is 31.2 Å². The number of nitrogens with one attached hydrogen (secondary N) is 1. The number of alkyl halides is 1. The van der Waals surface area contributed by atoms with Crippen molar-refractivity contribution in [1.82, 2.24) is 5.32 Å². The zero-order valence-electron chi connectivity index (χ0n) is 9.66. The minimum atomic E-state index is 0.694. The van der Waals surface area contributed by atoms with Crippen molar-refractivity contribution in [2.24, 2.45) is 5.92 Å². The summed E-state index contributed by atoms with van der Waals surface area (Å²) in [7, 11) is 0. The number of hydrogen-bond acceptors (Lipinski definition) is 1. The molecular weight excluding hydrogens is 218 g/mol. The molecule has 1 aromatic carbocycles. The van der Waals surface area contributed by atoms with Crippen LogP contribution in [0, 0.1) is 5.92 Å². The topological polar surface area (TPSA) is 12.0 Å². The lowest BCUT2D eigenvalue weighted by Gasteiger charge is -2.28. The van der Waals surface area contributed by atoms with E-state index in [2.05, 4.69) is 35.6 Å². The molecule has 2 heteroatoms. The van der Waals surface area contributed by atoms with Gasteiger partial charge < -0.3 is 5.32 Å². The molecule has 0 aliphatic heterocycles. The Morgan fingerprint density at radius 3 is 2.38 bits per heavy atom. The third-order valence-electron chi connectivity index (χ3n) is 3.50. The Hall–Kier alpha value is -0.530. The van der Waals surface area contributed by atoms with Gasteiger partial charge in [-0.05, 0) is 37.2 Å². The quantitative estimate of drug-likeness (QED) is 0.790. The van der Waals surface area contributed by atoms with E-state index < -0.39 is 0 Å². The smallest absolute Gasteiger partial charge is 0.0251 e. The Kier molecular flexibility index (Phi) is 4.68. The average Bonchev–Trinajstić information content (AvgIpc) is 2.38. The van der Waals surface area contributed by atoms with Crippen molar-refractivity contribution in [2.45, 2.75) is 38.3 Å². The van der Waals surface area contributed by atoms with Gasteiger partial charge in [0, 0.05) is 18.5 Å². The van der Waals surface area contributed by atoms with Gasteiger partial charge in [-0.2, -0.15) is 0 Å². The van der Waals surface area contributed by atoms with Crippen molar-refractivity contribution >= 4 is 11.6 Å². The molecule has 2 rings (SSSR count). The van der Waals surface area contributed by atoms with Gasteiger partial charge in [0.05, 0.1) is 0 Å². The van der Waals surface area contributed by atoms with Crippen LogP contribution in [0.3, 0.4) is 0 Å². The Morgan fingerprint density at radius 1 is 1.06 bits per heavy atom. The molecule has 0 heterocycles. The van der Waals surface area contributed by atoms with Gasteiger partial charge in [-0.3, -0.25) is 0 Å². The average molecular weight is 238 g/mol. The number of benzene rings is 1. The van der Waals surface area contributed by atoms with Crippen molar-refractivity contribution < 1.29 is 0 Å². The lowest BCUT2D eigenvalue weighted by molar-refractivity contribution is 0.309. The third-order valence-corrected chi connectivity index (χ3v) is 3.94. The van der Waals surface area contributed by atoms with Gasteiger partial charge in [0.25, 0.3) is 0 Å². The molecule has 0 saturated heterocycles. The highest BCUT2D eigenvalue weighted by molar-refractivity contribution is 6.18. The summed E-state index contributed by atoms with van der Waals surface area (Å²) in [5.41, 5.74) is 1.38. The number of rotatable bonds is 4. The molecule has 0 spiro atoms. The van der Waals surface area contributed by atoms with Crippen LogP contribution in [-0.2, 0) is 6.54 Å². The highest BCUT2D eigenvalue weighted by Gasteiger charge is 2.19. The first-order valence-corrected chi connectivity index (χ1v) is 6.75. The summed E-state index contributed by atoms with van der Waals surface area (Å²) in [6.45, 7) is 0.997. The summed E-state index contributed by atoms with van der Waals surface area (Å²) in [5.74, 6) is 1.60. The van der Waals surface area contributed by atoms with Crippen LogP contribution in [0.25, 0.3) is 0 Å². The molecular formula is C14H20ClN. The summed E-state index contributed by atoms with van der Waals surface area (Å²) >= 11 is 5.88. The fourth-order valence-electron chi connectivity index (χ4n) is 2.38. The van der Waals surface area contributed by atoms with E-state index in [9.17, 15) is 0 Å². The highest BCUT2D eigenvalue weighted by atomic mass is 35.5. The van der Waals surface area contributed by atoms with Gasteiger partial charge in [0.15, 0.2) is 0 Å². The fourth-order valence-corrected chi connectivity index (χ4v) is 2.69. The third kappa shape index (κ3) is 3.50. The maximum Gasteiger partial charge on any atom is 0.0251 e. The molecule has 88 valence electrons. The molecule has 1 aromatic rings. The Labute approximate surface area is 103 Å². The first-order valence-electron chi connectivity index (χ1n) is 6.21. The van der Waals surface area contributed by atoms with E-state index in [1.54, 1.807) is 0 Å². The van der Waals surface area contributed by atoms with Crippen molar-refractivity contribution in [1.29, 1.82) is 0 Å². The zero-order valence-corrected chi connectivity index (χ0v) is 10.4. The summed E-state index contributed by atoms with van der Waals surface area (Å²) < 4.78 is 0. The van der Waals surface area contributed by atoms with E-state index in [0.29, 0.717) is 6.04 Å². The maximum absolute atomic E-state index is 5.88.